The lowest BCUT2D eigenvalue weighted by molar-refractivity contribution is 0.209. The fourth-order valence-electron chi connectivity index (χ4n) is 1.47. The van der Waals surface area contributed by atoms with Crippen molar-refractivity contribution >= 4 is 0 Å². The number of hydrogen-bond donors (Lipinski definition) is 4. The zero-order valence-electron chi connectivity index (χ0n) is 9.64. The molecule has 16 heavy (non-hydrogen) atoms. The van der Waals surface area contributed by atoms with Crippen molar-refractivity contribution in [3.8, 4) is 11.5 Å². The SMILES string of the molecule is CC(C)[C@@H](CO)NCc1cccc(O)c1O. The van der Waals surface area contributed by atoms with Crippen molar-refractivity contribution in [2.24, 2.45) is 5.92 Å². The van der Waals surface area contributed by atoms with E-state index in [2.05, 4.69) is 5.32 Å². The van der Waals surface area contributed by atoms with Crippen LogP contribution in [-0.4, -0.2) is 28.0 Å². The molecule has 4 nitrogen and oxygen atoms in total. The van der Waals surface area contributed by atoms with Gasteiger partial charge in [-0.3, -0.25) is 0 Å². The smallest absolute Gasteiger partial charge is 0.161 e. The van der Waals surface area contributed by atoms with E-state index in [0.29, 0.717) is 18.0 Å². The number of aliphatic hydroxyl groups is 1. The summed E-state index contributed by atoms with van der Waals surface area (Å²) in [5, 5.41) is 31.1. The van der Waals surface area contributed by atoms with E-state index >= 15 is 0 Å². The zero-order valence-corrected chi connectivity index (χ0v) is 9.64. The minimum absolute atomic E-state index is 0.0123. The summed E-state index contributed by atoms with van der Waals surface area (Å²) in [6, 6.07) is 4.83. The third kappa shape index (κ3) is 3.12. The average Bonchev–Trinajstić information content (AvgIpc) is 2.24. The Morgan fingerprint density at radius 2 is 1.94 bits per heavy atom. The molecule has 0 radical (unpaired) electrons. The van der Waals surface area contributed by atoms with E-state index < -0.39 is 0 Å². The summed E-state index contributed by atoms with van der Waals surface area (Å²) in [4.78, 5) is 0. The van der Waals surface area contributed by atoms with Gasteiger partial charge in [0.15, 0.2) is 11.5 Å². The summed E-state index contributed by atoms with van der Waals surface area (Å²) in [5.74, 6) is 0.0873. The summed E-state index contributed by atoms with van der Waals surface area (Å²) in [7, 11) is 0. The van der Waals surface area contributed by atoms with E-state index in [-0.39, 0.29) is 24.1 Å². The van der Waals surface area contributed by atoms with Gasteiger partial charge in [-0.05, 0) is 12.0 Å². The molecule has 0 saturated heterocycles. The van der Waals surface area contributed by atoms with Crippen molar-refractivity contribution in [3.63, 3.8) is 0 Å². The third-order valence-electron chi connectivity index (χ3n) is 2.65. The van der Waals surface area contributed by atoms with Crippen molar-refractivity contribution in [1.29, 1.82) is 0 Å². The highest BCUT2D eigenvalue weighted by molar-refractivity contribution is 5.44. The van der Waals surface area contributed by atoms with E-state index in [1.54, 1.807) is 12.1 Å². The molecule has 0 fully saturated rings. The van der Waals surface area contributed by atoms with Crippen LogP contribution in [0.2, 0.25) is 0 Å². The van der Waals surface area contributed by atoms with Gasteiger partial charge in [0, 0.05) is 18.2 Å². The predicted molar refractivity (Wildman–Crippen MR) is 62.3 cm³/mol. The van der Waals surface area contributed by atoms with Gasteiger partial charge in [-0.25, -0.2) is 0 Å². The van der Waals surface area contributed by atoms with Gasteiger partial charge in [0.1, 0.15) is 0 Å². The van der Waals surface area contributed by atoms with E-state index in [1.165, 1.54) is 6.07 Å². The molecule has 0 heterocycles. The van der Waals surface area contributed by atoms with Crippen LogP contribution < -0.4 is 5.32 Å². The number of nitrogens with one attached hydrogen (secondary N) is 1. The van der Waals surface area contributed by atoms with Gasteiger partial charge in [-0.1, -0.05) is 26.0 Å². The maximum atomic E-state index is 9.57. The molecule has 0 aliphatic heterocycles. The summed E-state index contributed by atoms with van der Waals surface area (Å²) in [6.45, 7) is 4.49. The summed E-state index contributed by atoms with van der Waals surface area (Å²) < 4.78 is 0. The number of phenolic OH excluding ortho intramolecular Hbond substituents is 2. The minimum Gasteiger partial charge on any atom is -0.504 e. The van der Waals surface area contributed by atoms with Gasteiger partial charge in [-0.15, -0.1) is 0 Å². The summed E-state index contributed by atoms with van der Waals surface area (Å²) in [6.07, 6.45) is 0. The minimum atomic E-state index is -0.121. The second-order valence-electron chi connectivity index (χ2n) is 4.20. The Hall–Kier alpha value is -1.26. The van der Waals surface area contributed by atoms with Crippen molar-refractivity contribution in [3.05, 3.63) is 23.8 Å². The molecule has 0 saturated carbocycles. The molecule has 4 N–H and O–H groups in total. The fraction of sp³-hybridized carbons (Fsp3) is 0.500. The van der Waals surface area contributed by atoms with Crippen molar-refractivity contribution < 1.29 is 15.3 Å². The van der Waals surface area contributed by atoms with Crippen LogP contribution in [-0.2, 0) is 6.54 Å². The molecule has 1 aromatic carbocycles. The van der Waals surface area contributed by atoms with Crippen molar-refractivity contribution in [2.45, 2.75) is 26.4 Å². The van der Waals surface area contributed by atoms with Crippen molar-refractivity contribution in [2.75, 3.05) is 6.61 Å². The van der Waals surface area contributed by atoms with Gasteiger partial charge in [0.2, 0.25) is 0 Å². The maximum Gasteiger partial charge on any atom is 0.161 e. The topological polar surface area (TPSA) is 72.7 Å². The van der Waals surface area contributed by atoms with Gasteiger partial charge in [0.25, 0.3) is 0 Å². The first-order valence-corrected chi connectivity index (χ1v) is 5.40. The van der Waals surface area contributed by atoms with Crippen LogP contribution in [0.15, 0.2) is 18.2 Å². The number of rotatable bonds is 5. The van der Waals surface area contributed by atoms with Crippen LogP contribution in [0.3, 0.4) is 0 Å². The van der Waals surface area contributed by atoms with Crippen LogP contribution in [0.25, 0.3) is 0 Å². The van der Waals surface area contributed by atoms with Crippen molar-refractivity contribution in [1.82, 2.24) is 5.32 Å². The highest BCUT2D eigenvalue weighted by Gasteiger charge is 2.12. The first kappa shape index (κ1) is 12.8. The number of benzene rings is 1. The van der Waals surface area contributed by atoms with Crippen LogP contribution in [0.5, 0.6) is 11.5 Å². The molecule has 90 valence electrons. The highest BCUT2D eigenvalue weighted by Crippen LogP contribution is 2.28. The molecule has 0 bridgehead atoms. The summed E-state index contributed by atoms with van der Waals surface area (Å²) >= 11 is 0. The number of aromatic hydroxyl groups is 2. The van der Waals surface area contributed by atoms with E-state index in [1.807, 2.05) is 13.8 Å². The first-order valence-electron chi connectivity index (χ1n) is 5.40. The molecule has 1 rings (SSSR count). The largest absolute Gasteiger partial charge is 0.504 e. The first-order chi connectivity index (χ1) is 7.56. The molecular formula is C12H19NO3. The third-order valence-corrected chi connectivity index (χ3v) is 2.65. The molecule has 0 aliphatic rings. The van der Waals surface area contributed by atoms with Crippen LogP contribution in [0.1, 0.15) is 19.4 Å². The number of hydrogen-bond acceptors (Lipinski definition) is 4. The predicted octanol–water partition coefficient (Wildman–Crippen LogP) is 1.20. The normalized spacial score (nSPS) is 13.0. The Labute approximate surface area is 95.6 Å². The Balaban J connectivity index is 2.64. The Kier molecular flexibility index (Phi) is 4.58. The quantitative estimate of drug-likeness (QED) is 0.568. The van der Waals surface area contributed by atoms with Gasteiger partial charge in [-0.2, -0.15) is 0 Å². The molecule has 1 atom stereocenters. The monoisotopic (exact) mass is 225 g/mol. The second-order valence-corrected chi connectivity index (χ2v) is 4.20. The Morgan fingerprint density at radius 1 is 1.25 bits per heavy atom. The van der Waals surface area contributed by atoms with Crippen LogP contribution in [0, 0.1) is 5.92 Å². The van der Waals surface area contributed by atoms with Gasteiger partial charge in [0.05, 0.1) is 6.61 Å². The van der Waals surface area contributed by atoms with Gasteiger partial charge < -0.3 is 20.6 Å². The van der Waals surface area contributed by atoms with Crippen LogP contribution >= 0.6 is 0 Å². The molecule has 0 aromatic heterocycles. The molecule has 0 unspecified atom stereocenters. The lowest BCUT2D eigenvalue weighted by atomic mass is 10.0. The molecule has 4 heteroatoms. The maximum absolute atomic E-state index is 9.57. The standard InChI is InChI=1S/C12H19NO3/c1-8(2)10(7-14)13-6-9-4-3-5-11(15)12(9)16/h3-5,8,10,13-16H,6-7H2,1-2H3/t10-/m1/s1. The number of para-hydroxylation sites is 1. The lowest BCUT2D eigenvalue weighted by Crippen LogP contribution is -2.36. The van der Waals surface area contributed by atoms with Crippen LogP contribution in [0.4, 0.5) is 0 Å². The average molecular weight is 225 g/mol. The molecule has 0 amide bonds. The molecular weight excluding hydrogens is 206 g/mol. The number of phenols is 2. The number of aliphatic hydroxyl groups excluding tert-OH is 1. The molecule has 1 aromatic rings. The van der Waals surface area contributed by atoms with E-state index in [0.717, 1.165) is 0 Å². The fourth-order valence-corrected chi connectivity index (χ4v) is 1.47. The Bertz CT molecular complexity index is 339. The highest BCUT2D eigenvalue weighted by atomic mass is 16.3. The van der Waals surface area contributed by atoms with Gasteiger partial charge >= 0.3 is 0 Å². The summed E-state index contributed by atoms with van der Waals surface area (Å²) in [5.41, 5.74) is 0.624. The lowest BCUT2D eigenvalue weighted by Gasteiger charge is -2.20. The molecule has 0 aliphatic carbocycles. The molecule has 0 spiro atoms. The zero-order chi connectivity index (χ0) is 12.1. The van der Waals surface area contributed by atoms with E-state index in [4.69, 9.17) is 5.11 Å². The van der Waals surface area contributed by atoms with E-state index in [9.17, 15) is 10.2 Å². The second kappa shape index (κ2) is 5.72. The Morgan fingerprint density at radius 3 is 2.50 bits per heavy atom.